The number of allylic oxidation sites excluding steroid dienone is 3. The quantitative estimate of drug-likeness (QED) is 0.113. The van der Waals surface area contributed by atoms with Gasteiger partial charge in [-0.25, -0.2) is 4.79 Å². The van der Waals surface area contributed by atoms with Gasteiger partial charge in [-0.2, -0.15) is 0 Å². The minimum atomic E-state index is -2.52. The number of ether oxygens (including phenoxy) is 4. The number of aliphatic hydroxyl groups excluding tert-OH is 3. The molecule has 2 saturated heterocycles. The van der Waals surface area contributed by atoms with E-state index in [9.17, 15) is 39.6 Å². The number of aliphatic hydroxyl groups is 4. The Morgan fingerprint density at radius 1 is 0.956 bits per heavy atom. The van der Waals surface area contributed by atoms with E-state index in [2.05, 4.69) is 24.4 Å². The van der Waals surface area contributed by atoms with Crippen LogP contribution in [0.4, 0.5) is 0 Å². The number of ketones is 2. The van der Waals surface area contributed by atoms with E-state index in [1.807, 2.05) is 55.8 Å². The Morgan fingerprint density at radius 2 is 1.69 bits per heavy atom. The molecule has 1 amide bonds. The van der Waals surface area contributed by atoms with E-state index in [0.717, 1.165) is 28.5 Å². The lowest BCUT2D eigenvalue weighted by Crippen LogP contribution is -2.64. The smallest absolute Gasteiger partial charge is 0.329 e. The lowest BCUT2D eigenvalue weighted by molar-refractivity contribution is -0.302. The van der Waals surface area contributed by atoms with E-state index in [4.69, 9.17) is 18.9 Å². The van der Waals surface area contributed by atoms with Gasteiger partial charge < -0.3 is 54.2 Å². The number of methoxy groups -OCH3 is 2. The molecule has 1 aliphatic carbocycles. The third-order valence-electron chi connectivity index (χ3n) is 15.4. The number of esters is 1. The maximum absolute atomic E-state index is 14.5. The fraction of sp³-hybridized carbons (Fsp3) is 0.698. The van der Waals surface area contributed by atoms with Crippen LogP contribution in [0.5, 0.6) is 0 Å². The van der Waals surface area contributed by atoms with Crippen molar-refractivity contribution in [2.45, 2.75) is 180 Å². The largest absolute Gasteiger partial charge is 0.456 e. The number of cyclic esters (lactones) is 1. The topological polar surface area (TPSA) is 206 Å². The summed E-state index contributed by atoms with van der Waals surface area (Å²) in [6, 6.07) is 6.94. The first-order valence-electron chi connectivity index (χ1n) is 25.1. The summed E-state index contributed by atoms with van der Waals surface area (Å²) in [6.07, 6.45) is 5.84. The molecule has 1 saturated carbocycles. The van der Waals surface area contributed by atoms with Crippen molar-refractivity contribution in [2.75, 3.05) is 27.4 Å². The van der Waals surface area contributed by atoms with Crippen LogP contribution in [-0.4, -0.2) is 135 Å². The maximum atomic E-state index is 14.5. The Hall–Kier alpha value is -3.80. The molecule has 2 bridgehead atoms. The van der Waals surface area contributed by atoms with Gasteiger partial charge in [-0.15, -0.1) is 0 Å². The monoisotopic (exact) mass is 950 g/mol. The van der Waals surface area contributed by atoms with Crippen molar-refractivity contribution in [1.29, 1.82) is 0 Å². The summed E-state index contributed by atoms with van der Waals surface area (Å²) in [5.41, 5.74) is 3.77. The number of nitrogens with zero attached hydrogens (tertiary/aromatic N) is 2. The first kappa shape index (κ1) is 53.5. The lowest BCUT2D eigenvalue weighted by atomic mass is 9.81. The van der Waals surface area contributed by atoms with E-state index in [0.29, 0.717) is 63.6 Å². The van der Waals surface area contributed by atoms with Gasteiger partial charge in [0.1, 0.15) is 24.0 Å². The number of hydrogen-bond donors (Lipinski definition) is 5. The van der Waals surface area contributed by atoms with Gasteiger partial charge >= 0.3 is 5.97 Å². The number of carbonyl (C=O) groups excluding carboxylic acids is 4. The number of aromatic nitrogens is 1. The van der Waals surface area contributed by atoms with Crippen molar-refractivity contribution in [3.8, 4) is 0 Å². The molecule has 1 aromatic heterocycles. The molecule has 14 atom stereocenters. The van der Waals surface area contributed by atoms with Crippen LogP contribution in [0.15, 0.2) is 53.8 Å². The third-order valence-corrected chi connectivity index (χ3v) is 15.4. The second-order valence-corrected chi connectivity index (χ2v) is 20.5. The number of carbonyl (C=O) groups is 4. The highest BCUT2D eigenvalue weighted by molar-refractivity contribution is 6.39. The van der Waals surface area contributed by atoms with E-state index in [1.165, 1.54) is 19.1 Å². The second-order valence-electron chi connectivity index (χ2n) is 20.5. The number of Topliss-reactive ketones (excluding diaryl/α,β-unsaturated/α-hetero) is 2. The average molecular weight is 950 g/mol. The van der Waals surface area contributed by atoms with Gasteiger partial charge in [0.15, 0.2) is 0 Å². The van der Waals surface area contributed by atoms with Crippen molar-refractivity contribution >= 4 is 34.3 Å². The summed E-state index contributed by atoms with van der Waals surface area (Å²) in [6.45, 7) is 12.4. The number of rotatable bonds is 10. The fourth-order valence-electron chi connectivity index (χ4n) is 11.3. The second kappa shape index (κ2) is 23.9. The zero-order valence-corrected chi connectivity index (χ0v) is 41.6. The molecule has 6 rings (SSSR count). The normalized spacial score (nSPS) is 36.4. The van der Waals surface area contributed by atoms with Gasteiger partial charge in [0.2, 0.25) is 5.79 Å². The molecule has 3 fully saturated rings. The molecule has 4 heterocycles. The molecule has 4 aliphatic rings. The number of benzene rings is 1. The Bertz CT molecular complexity index is 2120. The standard InChI is InChI=1S/C53H79N3O12/c1-9-38-23-31(2)22-32(3)24-46(65-7)49-47(66-8)26-34(5)53(64,68-49)50(61)51(62)56-18-11-10-12-42(56)52(63)67-48(35(6)43(58)29-44(38)59)33(4)25-36-13-15-40(45(60)28-36)54-30-37-14-16-41-39(27-37)17-19-55(41)20-21-57/h14,16-17,19,23,25,27,32,34-36,38,40,42-43,45-49,54,57-58,60,64H,9-13,15,18,20-22,24,26,28-30H2,1-8H3/b31-23+,33-25?. The summed E-state index contributed by atoms with van der Waals surface area (Å²) >= 11 is 0. The van der Waals surface area contributed by atoms with Crippen LogP contribution < -0.4 is 5.32 Å². The van der Waals surface area contributed by atoms with Crippen molar-refractivity contribution in [3.63, 3.8) is 0 Å². The molecular formula is C53H79N3O12. The number of piperidine rings is 1. The zero-order valence-electron chi connectivity index (χ0n) is 41.6. The van der Waals surface area contributed by atoms with E-state index < -0.39 is 83.9 Å². The number of nitrogens with one attached hydrogen (secondary N) is 1. The van der Waals surface area contributed by atoms with Crippen molar-refractivity contribution in [2.24, 2.45) is 29.6 Å². The minimum Gasteiger partial charge on any atom is -0.456 e. The van der Waals surface area contributed by atoms with Crippen LogP contribution in [0.25, 0.3) is 10.9 Å². The highest BCUT2D eigenvalue weighted by atomic mass is 16.7. The summed E-state index contributed by atoms with van der Waals surface area (Å²) in [4.78, 5) is 58.4. The van der Waals surface area contributed by atoms with Gasteiger partial charge in [-0.05, 0) is 125 Å². The number of fused-ring (bicyclic) bond motifs is 4. The number of hydrogen-bond acceptors (Lipinski definition) is 13. The Balaban J connectivity index is 1.25. The van der Waals surface area contributed by atoms with Crippen LogP contribution in [0.3, 0.4) is 0 Å². The SMILES string of the molecule is CCC1/C=C(\C)CC(C)CC(OC)C2OC(O)(C(=O)C(=O)N3CCCCC3C(=O)OC(C(C)=CC3CCC(NCc4ccc5c(ccn5CCO)c4)C(O)C3)C(C)C(O)CC1=O)C(C)CC2OC. The van der Waals surface area contributed by atoms with Crippen molar-refractivity contribution in [3.05, 3.63) is 59.3 Å². The van der Waals surface area contributed by atoms with Crippen molar-refractivity contribution in [1.82, 2.24) is 14.8 Å². The lowest BCUT2D eigenvalue weighted by Gasteiger charge is -2.47. The molecule has 14 unspecified atom stereocenters. The molecule has 15 heteroatoms. The summed E-state index contributed by atoms with van der Waals surface area (Å²) in [5, 5.41) is 49.4. The molecule has 5 N–H and O–H groups in total. The molecule has 3 aliphatic heterocycles. The van der Waals surface area contributed by atoms with Crippen LogP contribution in [-0.2, 0) is 51.2 Å². The third kappa shape index (κ3) is 12.4. The first-order chi connectivity index (χ1) is 32.4. The molecule has 0 spiro atoms. The molecule has 378 valence electrons. The van der Waals surface area contributed by atoms with Gasteiger partial charge in [0.05, 0.1) is 31.0 Å². The molecular weight excluding hydrogens is 871 g/mol. The summed E-state index contributed by atoms with van der Waals surface area (Å²) in [5.74, 6) is -7.72. The van der Waals surface area contributed by atoms with Crippen LogP contribution in [0.2, 0.25) is 0 Å². The maximum Gasteiger partial charge on any atom is 0.329 e. The highest BCUT2D eigenvalue weighted by Gasteiger charge is 2.56. The number of amides is 1. The molecule has 68 heavy (non-hydrogen) atoms. The first-order valence-corrected chi connectivity index (χ1v) is 25.1. The molecule has 1 aromatic carbocycles. The van der Waals surface area contributed by atoms with Gasteiger partial charge in [-0.1, -0.05) is 51.5 Å². The van der Waals surface area contributed by atoms with E-state index in [1.54, 1.807) is 13.8 Å². The predicted molar refractivity (Wildman–Crippen MR) is 257 cm³/mol. The van der Waals surface area contributed by atoms with Gasteiger partial charge in [-0.3, -0.25) is 14.4 Å². The van der Waals surface area contributed by atoms with Gasteiger partial charge in [0, 0.05) is 75.8 Å². The Morgan fingerprint density at radius 3 is 2.38 bits per heavy atom. The molecule has 2 aromatic rings. The van der Waals surface area contributed by atoms with Crippen LogP contribution in [0, 0.1) is 29.6 Å². The fourth-order valence-corrected chi connectivity index (χ4v) is 11.3. The van der Waals surface area contributed by atoms with Crippen LogP contribution >= 0.6 is 0 Å². The zero-order chi connectivity index (χ0) is 49.4. The average Bonchev–Trinajstić information content (AvgIpc) is 3.72. The van der Waals surface area contributed by atoms with E-state index in [-0.39, 0.29) is 56.1 Å². The van der Waals surface area contributed by atoms with Crippen LogP contribution in [0.1, 0.15) is 118 Å². The summed E-state index contributed by atoms with van der Waals surface area (Å²) in [7, 11) is 3.07. The van der Waals surface area contributed by atoms with Gasteiger partial charge in [0.25, 0.3) is 11.7 Å². The Labute approximate surface area is 402 Å². The highest BCUT2D eigenvalue weighted by Crippen LogP contribution is 2.39. The summed E-state index contributed by atoms with van der Waals surface area (Å²) < 4.78 is 26.4. The Kier molecular flexibility index (Phi) is 18.8. The molecule has 15 nitrogen and oxygen atoms in total. The van der Waals surface area contributed by atoms with Crippen molar-refractivity contribution < 1.29 is 58.6 Å². The minimum absolute atomic E-state index is 0.0215. The van der Waals surface area contributed by atoms with E-state index >= 15 is 0 Å². The predicted octanol–water partition coefficient (Wildman–Crippen LogP) is 5.56. The molecule has 0 radical (unpaired) electrons.